The van der Waals surface area contributed by atoms with Crippen LogP contribution in [0.3, 0.4) is 0 Å². The van der Waals surface area contributed by atoms with Gasteiger partial charge >= 0.3 is 0 Å². The zero-order valence-corrected chi connectivity index (χ0v) is 15.5. The number of hydrogen-bond acceptors (Lipinski definition) is 3. The minimum atomic E-state index is -0.363. The van der Waals surface area contributed by atoms with E-state index in [1.165, 1.54) is 0 Å². The molecule has 134 valence electrons. The number of carbonyl (C=O) groups excluding carboxylic acids is 2. The number of nitrogens with one attached hydrogen (secondary N) is 1. The lowest BCUT2D eigenvalue weighted by Crippen LogP contribution is -2.45. The first-order chi connectivity index (χ1) is 11.2. The van der Waals surface area contributed by atoms with Gasteiger partial charge in [-0.3, -0.25) is 9.59 Å². The van der Waals surface area contributed by atoms with Gasteiger partial charge in [0.15, 0.2) is 0 Å². The largest absolute Gasteiger partial charge is 0.342 e. The van der Waals surface area contributed by atoms with Gasteiger partial charge in [-0.25, -0.2) is 4.68 Å². The van der Waals surface area contributed by atoms with Gasteiger partial charge in [-0.15, -0.1) is 0 Å². The summed E-state index contributed by atoms with van der Waals surface area (Å²) in [5.41, 5.74) is -0.363. The van der Waals surface area contributed by atoms with Gasteiger partial charge < -0.3 is 10.2 Å². The number of aromatic nitrogens is 2. The average molecular weight is 334 g/mol. The lowest BCUT2D eigenvalue weighted by Gasteiger charge is -2.35. The van der Waals surface area contributed by atoms with Crippen LogP contribution in [0.2, 0.25) is 0 Å². The van der Waals surface area contributed by atoms with Gasteiger partial charge in [-0.2, -0.15) is 5.10 Å². The van der Waals surface area contributed by atoms with E-state index in [-0.39, 0.29) is 29.2 Å². The van der Waals surface area contributed by atoms with E-state index in [9.17, 15) is 9.59 Å². The fraction of sp³-hybridized carbons (Fsp3) is 0.722. The SMILES string of the molecule is CCC(C)n1nccc1NC(=O)C1CCN(C(=O)C(C)(C)C)CC1. The number of hydrogen-bond donors (Lipinski definition) is 1. The van der Waals surface area contributed by atoms with Crippen molar-refractivity contribution < 1.29 is 9.59 Å². The Hall–Kier alpha value is -1.85. The molecule has 0 aliphatic carbocycles. The number of anilines is 1. The molecule has 0 spiro atoms. The summed E-state index contributed by atoms with van der Waals surface area (Å²) in [6.07, 6.45) is 4.10. The lowest BCUT2D eigenvalue weighted by atomic mass is 9.90. The molecule has 6 heteroatoms. The van der Waals surface area contributed by atoms with Gasteiger partial charge in [-0.05, 0) is 26.2 Å². The second kappa shape index (κ2) is 7.36. The molecule has 2 amide bonds. The lowest BCUT2D eigenvalue weighted by molar-refractivity contribution is -0.142. The van der Waals surface area contributed by atoms with Gasteiger partial charge in [0.1, 0.15) is 5.82 Å². The molecule has 1 aliphatic rings. The fourth-order valence-corrected chi connectivity index (χ4v) is 2.98. The topological polar surface area (TPSA) is 67.2 Å². The first-order valence-corrected chi connectivity index (χ1v) is 8.87. The molecule has 1 unspecified atom stereocenters. The van der Waals surface area contributed by atoms with Gasteiger partial charge in [0, 0.05) is 30.5 Å². The third-order valence-electron chi connectivity index (χ3n) is 4.72. The Labute approximate surface area is 144 Å². The van der Waals surface area contributed by atoms with Crippen molar-refractivity contribution in [3.05, 3.63) is 12.3 Å². The molecule has 1 aromatic heterocycles. The highest BCUT2D eigenvalue weighted by Gasteiger charge is 2.32. The molecule has 1 atom stereocenters. The van der Waals surface area contributed by atoms with Crippen molar-refractivity contribution in [3.8, 4) is 0 Å². The molecule has 1 N–H and O–H groups in total. The number of nitrogens with zero attached hydrogens (tertiary/aromatic N) is 3. The molecule has 0 aromatic carbocycles. The zero-order valence-electron chi connectivity index (χ0n) is 15.5. The maximum absolute atomic E-state index is 12.5. The quantitative estimate of drug-likeness (QED) is 0.920. The van der Waals surface area contributed by atoms with Gasteiger partial charge in [0.2, 0.25) is 11.8 Å². The Morgan fingerprint density at radius 2 is 1.96 bits per heavy atom. The van der Waals surface area contributed by atoms with E-state index < -0.39 is 0 Å². The van der Waals surface area contributed by atoms with Crippen LogP contribution in [-0.4, -0.2) is 39.6 Å². The molecule has 0 saturated carbocycles. The van der Waals surface area contributed by atoms with Crippen LogP contribution in [0.25, 0.3) is 0 Å². The summed E-state index contributed by atoms with van der Waals surface area (Å²) in [6.45, 7) is 11.3. The monoisotopic (exact) mass is 334 g/mol. The fourth-order valence-electron chi connectivity index (χ4n) is 2.98. The van der Waals surface area contributed by atoms with Crippen molar-refractivity contribution in [2.75, 3.05) is 18.4 Å². The Kier molecular flexibility index (Phi) is 5.67. The Morgan fingerprint density at radius 1 is 1.33 bits per heavy atom. The van der Waals surface area contributed by atoms with Crippen LogP contribution in [0.15, 0.2) is 12.3 Å². The molecule has 2 heterocycles. The summed E-state index contributed by atoms with van der Waals surface area (Å²) in [6, 6.07) is 2.09. The highest BCUT2D eigenvalue weighted by molar-refractivity contribution is 5.92. The van der Waals surface area contributed by atoms with E-state index in [1.54, 1.807) is 6.20 Å². The number of amides is 2. The van der Waals surface area contributed by atoms with E-state index in [0.29, 0.717) is 25.9 Å². The van der Waals surface area contributed by atoms with Crippen molar-refractivity contribution in [1.29, 1.82) is 0 Å². The summed E-state index contributed by atoms with van der Waals surface area (Å²) in [5.74, 6) is 0.899. The first-order valence-electron chi connectivity index (χ1n) is 8.87. The van der Waals surface area contributed by atoms with Crippen LogP contribution >= 0.6 is 0 Å². The Morgan fingerprint density at radius 3 is 2.50 bits per heavy atom. The molecular weight excluding hydrogens is 304 g/mol. The van der Waals surface area contributed by atoms with Crippen LogP contribution in [0, 0.1) is 11.3 Å². The first kappa shape index (κ1) is 18.5. The van der Waals surface area contributed by atoms with Crippen molar-refractivity contribution in [2.24, 2.45) is 11.3 Å². The molecule has 1 aliphatic heterocycles. The summed E-state index contributed by atoms with van der Waals surface area (Å²) in [5, 5.41) is 7.30. The molecule has 1 aromatic rings. The summed E-state index contributed by atoms with van der Waals surface area (Å²) in [7, 11) is 0. The highest BCUT2D eigenvalue weighted by atomic mass is 16.2. The molecule has 1 saturated heterocycles. The zero-order chi connectivity index (χ0) is 17.9. The number of likely N-dealkylation sites (tertiary alicyclic amines) is 1. The summed E-state index contributed by atoms with van der Waals surface area (Å²) >= 11 is 0. The van der Waals surface area contributed by atoms with Gasteiger partial charge in [0.05, 0.1) is 12.2 Å². The van der Waals surface area contributed by atoms with Crippen molar-refractivity contribution in [2.45, 2.75) is 59.9 Å². The normalized spacial score (nSPS) is 17.6. The van der Waals surface area contributed by atoms with E-state index in [0.717, 1.165) is 12.2 Å². The second-order valence-electron chi connectivity index (χ2n) is 7.72. The smallest absolute Gasteiger partial charge is 0.228 e. The third kappa shape index (κ3) is 4.16. The Balaban J connectivity index is 1.92. The van der Waals surface area contributed by atoms with Crippen molar-refractivity contribution >= 4 is 17.6 Å². The number of piperidine rings is 1. The van der Waals surface area contributed by atoms with Crippen LogP contribution in [-0.2, 0) is 9.59 Å². The van der Waals surface area contributed by atoms with Crippen LogP contribution in [0.4, 0.5) is 5.82 Å². The summed E-state index contributed by atoms with van der Waals surface area (Å²) < 4.78 is 1.86. The predicted octanol–water partition coefficient (Wildman–Crippen LogP) is 3.08. The van der Waals surface area contributed by atoms with Gasteiger partial charge in [0.25, 0.3) is 0 Å². The average Bonchev–Trinajstić information content (AvgIpc) is 3.00. The number of carbonyl (C=O) groups is 2. The second-order valence-corrected chi connectivity index (χ2v) is 7.72. The van der Waals surface area contributed by atoms with E-state index >= 15 is 0 Å². The minimum Gasteiger partial charge on any atom is -0.342 e. The number of rotatable bonds is 4. The third-order valence-corrected chi connectivity index (χ3v) is 4.72. The molecule has 0 bridgehead atoms. The van der Waals surface area contributed by atoms with Crippen LogP contribution in [0.5, 0.6) is 0 Å². The van der Waals surface area contributed by atoms with Crippen molar-refractivity contribution in [3.63, 3.8) is 0 Å². The summed E-state index contributed by atoms with van der Waals surface area (Å²) in [4.78, 5) is 26.7. The molecule has 2 rings (SSSR count). The van der Waals surface area contributed by atoms with E-state index in [4.69, 9.17) is 0 Å². The molecular formula is C18H30N4O2. The highest BCUT2D eigenvalue weighted by Crippen LogP contribution is 2.25. The predicted molar refractivity (Wildman–Crippen MR) is 94.6 cm³/mol. The van der Waals surface area contributed by atoms with Crippen LogP contribution < -0.4 is 5.32 Å². The Bertz CT molecular complexity index is 580. The standard InChI is InChI=1S/C18H30N4O2/c1-6-13(2)22-15(7-10-19-22)20-16(23)14-8-11-21(12-9-14)17(24)18(3,4)5/h7,10,13-14H,6,8-9,11-12H2,1-5H3,(H,20,23). The molecule has 6 nitrogen and oxygen atoms in total. The van der Waals surface area contributed by atoms with E-state index in [2.05, 4.69) is 24.3 Å². The van der Waals surface area contributed by atoms with E-state index in [1.807, 2.05) is 36.4 Å². The maximum atomic E-state index is 12.5. The van der Waals surface area contributed by atoms with Crippen molar-refractivity contribution in [1.82, 2.24) is 14.7 Å². The maximum Gasteiger partial charge on any atom is 0.228 e. The molecule has 0 radical (unpaired) electrons. The van der Waals surface area contributed by atoms with Crippen LogP contribution in [0.1, 0.15) is 59.9 Å². The molecule has 24 heavy (non-hydrogen) atoms. The molecule has 1 fully saturated rings. The minimum absolute atomic E-state index is 0.0305. The van der Waals surface area contributed by atoms with Gasteiger partial charge in [-0.1, -0.05) is 27.7 Å².